The Morgan fingerprint density at radius 2 is 1.27 bits per heavy atom. The molecule has 0 fully saturated rings. The molecule has 0 saturated heterocycles. The van der Waals surface area contributed by atoms with Crippen molar-refractivity contribution in [3.63, 3.8) is 0 Å². The van der Waals surface area contributed by atoms with Crippen LogP contribution in [0.4, 0.5) is 13.2 Å². The van der Waals surface area contributed by atoms with Crippen molar-refractivity contribution < 1.29 is 13.2 Å². The molecule has 1 aliphatic carbocycles. The van der Waals surface area contributed by atoms with Gasteiger partial charge in [-0.3, -0.25) is 0 Å². The maximum atomic E-state index is 13.2. The van der Waals surface area contributed by atoms with E-state index < -0.39 is 11.7 Å². The molecule has 5 aromatic carbocycles. The van der Waals surface area contributed by atoms with Gasteiger partial charge in [0.15, 0.2) is 0 Å². The molecule has 1 aliphatic rings. The number of halogens is 3. The van der Waals surface area contributed by atoms with Gasteiger partial charge in [0.2, 0.25) is 0 Å². The van der Waals surface area contributed by atoms with Gasteiger partial charge in [0.1, 0.15) is 0 Å². The lowest BCUT2D eigenvalue weighted by molar-refractivity contribution is -0.137. The largest absolute Gasteiger partial charge is 0.416 e. The average Bonchev–Trinajstić information content (AvgIpc) is 3.43. The van der Waals surface area contributed by atoms with E-state index in [1.54, 1.807) is 12.1 Å². The van der Waals surface area contributed by atoms with E-state index in [4.69, 9.17) is 0 Å². The Morgan fingerprint density at radius 1 is 0.622 bits per heavy atom. The van der Waals surface area contributed by atoms with Crippen LogP contribution in [0.5, 0.6) is 0 Å². The molecule has 0 amide bonds. The summed E-state index contributed by atoms with van der Waals surface area (Å²) in [4.78, 5) is 0. The van der Waals surface area contributed by atoms with Crippen LogP contribution in [0.1, 0.15) is 22.3 Å². The van der Waals surface area contributed by atoms with Crippen LogP contribution < -0.4 is 0 Å². The third-order valence-corrected chi connectivity index (χ3v) is 7.51. The van der Waals surface area contributed by atoms with Crippen LogP contribution in [0.15, 0.2) is 103 Å². The summed E-state index contributed by atoms with van der Waals surface area (Å²) in [6.45, 7) is 2.06. The standard InChI is InChI=1S/C33H22F3N/c1-20-6-14-31-29(16-20)30-19-22(21-7-8-24-17-23-4-2-3-5-27(23)28(24)18-21)9-15-32(30)37(31)26-12-10-25(11-13-26)33(34,35)36/h2-16,18-19H,17H2,1H3. The number of aryl methyl sites for hydroxylation is 1. The fourth-order valence-corrected chi connectivity index (χ4v) is 5.70. The zero-order valence-corrected chi connectivity index (χ0v) is 20.1. The average molecular weight is 490 g/mol. The molecule has 4 heteroatoms. The van der Waals surface area contributed by atoms with Crippen molar-refractivity contribution in [3.8, 4) is 27.9 Å². The van der Waals surface area contributed by atoms with Gasteiger partial charge in [-0.2, -0.15) is 13.2 Å². The first-order valence-corrected chi connectivity index (χ1v) is 12.3. The lowest BCUT2D eigenvalue weighted by atomic mass is 9.97. The predicted molar refractivity (Wildman–Crippen MR) is 144 cm³/mol. The molecule has 1 heterocycles. The topological polar surface area (TPSA) is 4.93 Å². The van der Waals surface area contributed by atoms with Crippen LogP contribution in [0, 0.1) is 6.92 Å². The first-order chi connectivity index (χ1) is 17.9. The zero-order chi connectivity index (χ0) is 25.3. The summed E-state index contributed by atoms with van der Waals surface area (Å²) in [7, 11) is 0. The lowest BCUT2D eigenvalue weighted by Gasteiger charge is -2.11. The second-order valence-corrected chi connectivity index (χ2v) is 9.84. The van der Waals surface area contributed by atoms with E-state index in [-0.39, 0.29) is 0 Å². The second-order valence-electron chi connectivity index (χ2n) is 9.84. The number of hydrogen-bond acceptors (Lipinski definition) is 0. The van der Waals surface area contributed by atoms with Crippen molar-refractivity contribution in [1.29, 1.82) is 0 Å². The first kappa shape index (κ1) is 21.9. The highest BCUT2D eigenvalue weighted by molar-refractivity contribution is 6.10. The van der Waals surface area contributed by atoms with Crippen molar-refractivity contribution in [2.75, 3.05) is 0 Å². The second kappa shape index (κ2) is 7.84. The SMILES string of the molecule is Cc1ccc2c(c1)c1cc(-c3ccc4c(c3)-c3ccccc3C4)ccc1n2-c1ccc(C(F)(F)F)cc1. The van der Waals surface area contributed by atoms with Crippen LogP contribution in [0.2, 0.25) is 0 Å². The summed E-state index contributed by atoms with van der Waals surface area (Å²) < 4.78 is 41.6. The first-order valence-electron chi connectivity index (χ1n) is 12.3. The van der Waals surface area contributed by atoms with E-state index in [1.807, 2.05) is 16.7 Å². The number of nitrogens with zero attached hydrogens (tertiary/aromatic N) is 1. The minimum absolute atomic E-state index is 0.645. The van der Waals surface area contributed by atoms with Crippen LogP contribution in [0.25, 0.3) is 49.7 Å². The molecule has 0 unspecified atom stereocenters. The van der Waals surface area contributed by atoms with E-state index in [9.17, 15) is 13.2 Å². The van der Waals surface area contributed by atoms with Gasteiger partial charge < -0.3 is 4.57 Å². The summed E-state index contributed by atoms with van der Waals surface area (Å²) in [6, 6.07) is 33.3. The molecule has 180 valence electrons. The molecule has 37 heavy (non-hydrogen) atoms. The van der Waals surface area contributed by atoms with Crippen molar-refractivity contribution in [3.05, 3.63) is 125 Å². The van der Waals surface area contributed by atoms with E-state index in [2.05, 4.69) is 73.7 Å². The number of benzene rings is 5. The molecular formula is C33H22F3N. The minimum Gasteiger partial charge on any atom is -0.309 e. The van der Waals surface area contributed by atoms with Crippen molar-refractivity contribution in [2.24, 2.45) is 0 Å². The van der Waals surface area contributed by atoms with Crippen molar-refractivity contribution >= 4 is 21.8 Å². The molecule has 0 atom stereocenters. The number of hydrogen-bond donors (Lipinski definition) is 0. The van der Waals surface area contributed by atoms with E-state index in [0.29, 0.717) is 5.69 Å². The summed E-state index contributed by atoms with van der Waals surface area (Å²) in [5.74, 6) is 0. The third-order valence-electron chi connectivity index (χ3n) is 7.51. The Balaban J connectivity index is 1.41. The van der Waals surface area contributed by atoms with Gasteiger partial charge in [-0.1, -0.05) is 54.1 Å². The molecule has 0 aliphatic heterocycles. The number of rotatable bonds is 2. The fourth-order valence-electron chi connectivity index (χ4n) is 5.70. The normalized spacial score (nSPS) is 12.8. The molecule has 0 bridgehead atoms. The van der Waals surface area contributed by atoms with Crippen LogP contribution >= 0.6 is 0 Å². The molecule has 0 saturated carbocycles. The van der Waals surface area contributed by atoms with E-state index >= 15 is 0 Å². The Bertz CT molecular complexity index is 1840. The number of fused-ring (bicyclic) bond motifs is 6. The predicted octanol–water partition coefficient (Wildman–Crippen LogP) is 9.35. The minimum atomic E-state index is -4.36. The number of aromatic nitrogens is 1. The summed E-state index contributed by atoms with van der Waals surface area (Å²) in [5.41, 5.74) is 10.7. The van der Waals surface area contributed by atoms with Gasteiger partial charge in [0.05, 0.1) is 16.6 Å². The highest BCUT2D eigenvalue weighted by Crippen LogP contribution is 2.40. The van der Waals surface area contributed by atoms with Crippen LogP contribution in [0.3, 0.4) is 0 Å². The van der Waals surface area contributed by atoms with Gasteiger partial charge in [0.25, 0.3) is 0 Å². The summed E-state index contributed by atoms with van der Waals surface area (Å²) in [6.07, 6.45) is -3.40. The zero-order valence-electron chi connectivity index (χ0n) is 20.1. The Hall–Kier alpha value is -4.31. The third kappa shape index (κ3) is 3.47. The van der Waals surface area contributed by atoms with Gasteiger partial charge in [-0.05, 0) is 101 Å². The Morgan fingerprint density at radius 3 is 2.05 bits per heavy atom. The molecule has 1 aromatic heterocycles. The smallest absolute Gasteiger partial charge is 0.309 e. The lowest BCUT2D eigenvalue weighted by Crippen LogP contribution is -2.05. The maximum absolute atomic E-state index is 13.2. The number of alkyl halides is 3. The Kier molecular flexibility index (Phi) is 4.65. The van der Waals surface area contributed by atoms with E-state index in [1.165, 1.54) is 22.3 Å². The summed E-state index contributed by atoms with van der Waals surface area (Å²) >= 11 is 0. The summed E-state index contributed by atoms with van der Waals surface area (Å²) in [5, 5.41) is 2.17. The monoisotopic (exact) mass is 489 g/mol. The van der Waals surface area contributed by atoms with Crippen LogP contribution in [-0.4, -0.2) is 4.57 Å². The van der Waals surface area contributed by atoms with Gasteiger partial charge >= 0.3 is 6.18 Å². The molecular weight excluding hydrogens is 467 g/mol. The van der Waals surface area contributed by atoms with E-state index in [0.717, 1.165) is 57.0 Å². The van der Waals surface area contributed by atoms with Crippen molar-refractivity contribution in [2.45, 2.75) is 19.5 Å². The highest BCUT2D eigenvalue weighted by Gasteiger charge is 2.30. The van der Waals surface area contributed by atoms with Crippen molar-refractivity contribution in [1.82, 2.24) is 4.57 Å². The molecule has 0 radical (unpaired) electrons. The quantitative estimate of drug-likeness (QED) is 0.228. The molecule has 7 rings (SSSR count). The van der Waals surface area contributed by atoms with Gasteiger partial charge in [-0.25, -0.2) is 0 Å². The van der Waals surface area contributed by atoms with Gasteiger partial charge in [0, 0.05) is 16.5 Å². The van der Waals surface area contributed by atoms with Gasteiger partial charge in [-0.15, -0.1) is 0 Å². The maximum Gasteiger partial charge on any atom is 0.416 e. The fraction of sp³-hybridized carbons (Fsp3) is 0.0909. The highest BCUT2D eigenvalue weighted by atomic mass is 19.4. The Labute approximate surface area is 212 Å². The molecule has 6 aromatic rings. The molecule has 0 N–H and O–H groups in total. The molecule has 0 spiro atoms. The molecule has 1 nitrogen and oxygen atoms in total. The van der Waals surface area contributed by atoms with Crippen LogP contribution in [-0.2, 0) is 12.6 Å².